The lowest BCUT2D eigenvalue weighted by molar-refractivity contribution is 0.0696. The highest BCUT2D eigenvalue weighted by molar-refractivity contribution is 5.88. The number of hydrogen-bond donors (Lipinski definition) is 2. The second kappa shape index (κ2) is 5.24. The molecule has 0 bridgehead atoms. The number of nitrogens with two attached hydrogens (primary N) is 1. The Hall–Kier alpha value is -3.14. The molecule has 2 aromatic rings. The van der Waals surface area contributed by atoms with Crippen LogP contribution in [0.2, 0.25) is 0 Å². The van der Waals surface area contributed by atoms with E-state index < -0.39 is 11.8 Å². The molecule has 7 heteroatoms. The molecule has 3 N–H and O–H groups in total. The summed E-state index contributed by atoms with van der Waals surface area (Å²) in [4.78, 5) is 14.5. The van der Waals surface area contributed by atoms with Crippen LogP contribution in [0.5, 0.6) is 11.6 Å². The normalized spacial score (nSPS) is 9.80. The van der Waals surface area contributed by atoms with Crippen LogP contribution in [0.15, 0.2) is 30.5 Å². The van der Waals surface area contributed by atoms with E-state index in [0.717, 1.165) is 18.3 Å². The number of aromatic nitrogens is 1. The van der Waals surface area contributed by atoms with E-state index in [-0.39, 0.29) is 28.4 Å². The number of nitrogens with zero attached hydrogens (tertiary/aromatic N) is 2. The number of halogens is 1. The zero-order valence-corrected chi connectivity index (χ0v) is 10.0. The number of rotatable bonds is 3. The van der Waals surface area contributed by atoms with Gasteiger partial charge in [0.2, 0.25) is 5.88 Å². The number of hydrogen-bond acceptors (Lipinski definition) is 5. The van der Waals surface area contributed by atoms with Crippen LogP contribution in [0.1, 0.15) is 15.9 Å². The van der Waals surface area contributed by atoms with Gasteiger partial charge >= 0.3 is 5.97 Å². The van der Waals surface area contributed by atoms with Gasteiger partial charge in [0.25, 0.3) is 0 Å². The monoisotopic (exact) mass is 273 g/mol. The third-order valence-corrected chi connectivity index (χ3v) is 2.42. The summed E-state index contributed by atoms with van der Waals surface area (Å²) in [5, 5.41) is 17.6. The van der Waals surface area contributed by atoms with Gasteiger partial charge in [-0.1, -0.05) is 6.07 Å². The molecule has 100 valence electrons. The number of ether oxygens (including phenoxy) is 1. The Balaban J connectivity index is 2.39. The quantitative estimate of drug-likeness (QED) is 0.886. The topological polar surface area (TPSA) is 109 Å². The first-order chi connectivity index (χ1) is 9.52. The Bertz CT molecular complexity index is 725. The number of carboxylic acid groups (broad SMARTS) is 1. The van der Waals surface area contributed by atoms with Crippen LogP contribution >= 0.6 is 0 Å². The van der Waals surface area contributed by atoms with Gasteiger partial charge in [0.1, 0.15) is 23.2 Å². The lowest BCUT2D eigenvalue weighted by Gasteiger charge is -2.09. The maximum absolute atomic E-state index is 13.4. The van der Waals surface area contributed by atoms with Crippen molar-refractivity contribution >= 4 is 11.7 Å². The fourth-order valence-corrected chi connectivity index (χ4v) is 1.47. The van der Waals surface area contributed by atoms with Crippen molar-refractivity contribution in [2.75, 3.05) is 5.73 Å². The van der Waals surface area contributed by atoms with Gasteiger partial charge in [-0.2, -0.15) is 5.26 Å². The first-order valence-corrected chi connectivity index (χ1v) is 5.38. The van der Waals surface area contributed by atoms with Gasteiger partial charge in [0, 0.05) is 6.20 Å². The number of anilines is 1. The lowest BCUT2D eigenvalue weighted by atomic mass is 10.2. The Morgan fingerprint density at radius 1 is 1.50 bits per heavy atom. The molecule has 0 radical (unpaired) electrons. The molecule has 0 saturated carbocycles. The molecule has 0 unspecified atom stereocenters. The molecule has 0 atom stereocenters. The molecular formula is C13H8FN3O3. The first-order valence-electron chi connectivity index (χ1n) is 5.38. The van der Waals surface area contributed by atoms with E-state index in [1.54, 1.807) is 6.07 Å². The highest BCUT2D eigenvalue weighted by Gasteiger charge is 2.13. The fourth-order valence-electron chi connectivity index (χ4n) is 1.47. The summed E-state index contributed by atoms with van der Waals surface area (Å²) < 4.78 is 18.6. The number of pyridine rings is 1. The number of benzene rings is 1. The van der Waals surface area contributed by atoms with Gasteiger partial charge < -0.3 is 15.6 Å². The fraction of sp³-hybridized carbons (Fsp3) is 0. The molecule has 0 fully saturated rings. The molecule has 2 rings (SSSR count). The van der Waals surface area contributed by atoms with Crippen molar-refractivity contribution in [1.82, 2.24) is 4.98 Å². The van der Waals surface area contributed by atoms with Crippen molar-refractivity contribution in [2.45, 2.75) is 0 Å². The standard InChI is InChI=1S/C13H8FN3O3/c14-9-2-1-3-11(8(9)5-15)20-12-10(16)4-7(6-17-12)13(18)19/h1-4,6H,16H2,(H,18,19). The van der Waals surface area contributed by atoms with E-state index in [0.29, 0.717) is 0 Å². The van der Waals surface area contributed by atoms with Crippen molar-refractivity contribution < 1.29 is 19.0 Å². The summed E-state index contributed by atoms with van der Waals surface area (Å²) in [5.41, 5.74) is 5.20. The minimum absolute atomic E-state index is 0.0296. The lowest BCUT2D eigenvalue weighted by Crippen LogP contribution is -2.02. The van der Waals surface area contributed by atoms with Crippen molar-refractivity contribution in [1.29, 1.82) is 5.26 Å². The summed E-state index contributed by atoms with van der Waals surface area (Å²) in [6.07, 6.45) is 1.05. The van der Waals surface area contributed by atoms with E-state index in [2.05, 4.69) is 4.98 Å². The van der Waals surface area contributed by atoms with E-state index in [1.807, 2.05) is 0 Å². The average Bonchev–Trinajstić information content (AvgIpc) is 2.41. The molecule has 0 spiro atoms. The maximum Gasteiger partial charge on any atom is 0.337 e. The Morgan fingerprint density at radius 2 is 2.25 bits per heavy atom. The van der Waals surface area contributed by atoms with Crippen molar-refractivity contribution in [3.8, 4) is 17.7 Å². The molecule has 1 heterocycles. The minimum atomic E-state index is -1.18. The SMILES string of the molecule is N#Cc1c(F)cccc1Oc1ncc(C(=O)O)cc1N. The minimum Gasteiger partial charge on any atom is -0.478 e. The molecule has 6 nitrogen and oxygen atoms in total. The van der Waals surface area contributed by atoms with Gasteiger partial charge in [-0.15, -0.1) is 0 Å². The number of nitriles is 1. The average molecular weight is 273 g/mol. The van der Waals surface area contributed by atoms with Crippen LogP contribution in [-0.2, 0) is 0 Å². The van der Waals surface area contributed by atoms with Crippen LogP contribution in [0.3, 0.4) is 0 Å². The molecule has 0 saturated heterocycles. The molecule has 0 aliphatic rings. The van der Waals surface area contributed by atoms with Gasteiger partial charge in [-0.05, 0) is 18.2 Å². The summed E-state index contributed by atoms with van der Waals surface area (Å²) in [5.74, 6) is -2.06. The van der Waals surface area contributed by atoms with Gasteiger partial charge in [-0.3, -0.25) is 0 Å². The number of nitrogen functional groups attached to an aromatic ring is 1. The third-order valence-electron chi connectivity index (χ3n) is 2.42. The summed E-state index contributed by atoms with van der Waals surface area (Å²) in [6.45, 7) is 0. The van der Waals surface area contributed by atoms with Crippen LogP contribution in [-0.4, -0.2) is 16.1 Å². The zero-order chi connectivity index (χ0) is 14.7. The number of carbonyl (C=O) groups is 1. The van der Waals surface area contributed by atoms with Gasteiger partial charge in [0.15, 0.2) is 0 Å². The number of carboxylic acids is 1. The van der Waals surface area contributed by atoms with E-state index in [4.69, 9.17) is 20.8 Å². The molecule has 0 amide bonds. The molecule has 0 aliphatic carbocycles. The largest absolute Gasteiger partial charge is 0.478 e. The van der Waals surface area contributed by atoms with Gasteiger partial charge in [0.05, 0.1) is 11.3 Å². The Morgan fingerprint density at radius 3 is 2.85 bits per heavy atom. The zero-order valence-electron chi connectivity index (χ0n) is 10.0. The second-order valence-corrected chi connectivity index (χ2v) is 3.75. The van der Waals surface area contributed by atoms with E-state index >= 15 is 0 Å². The Labute approximate surface area is 112 Å². The maximum atomic E-state index is 13.4. The van der Waals surface area contributed by atoms with E-state index in [9.17, 15) is 9.18 Å². The summed E-state index contributed by atoms with van der Waals surface area (Å²) in [7, 11) is 0. The predicted octanol–water partition coefficient (Wildman–Crippen LogP) is 2.17. The summed E-state index contributed by atoms with van der Waals surface area (Å²) in [6, 6.07) is 6.71. The van der Waals surface area contributed by atoms with Crippen molar-refractivity contribution in [3.05, 3.63) is 47.4 Å². The predicted molar refractivity (Wildman–Crippen MR) is 66.8 cm³/mol. The molecule has 0 aliphatic heterocycles. The highest BCUT2D eigenvalue weighted by atomic mass is 19.1. The van der Waals surface area contributed by atoms with Gasteiger partial charge in [-0.25, -0.2) is 14.2 Å². The van der Waals surface area contributed by atoms with Crippen molar-refractivity contribution in [2.24, 2.45) is 0 Å². The highest BCUT2D eigenvalue weighted by Crippen LogP contribution is 2.29. The van der Waals surface area contributed by atoms with Crippen molar-refractivity contribution in [3.63, 3.8) is 0 Å². The third kappa shape index (κ3) is 2.49. The smallest absolute Gasteiger partial charge is 0.337 e. The van der Waals surface area contributed by atoms with E-state index in [1.165, 1.54) is 12.1 Å². The molecule has 1 aromatic heterocycles. The number of aromatic carboxylic acids is 1. The Kier molecular flexibility index (Phi) is 3.48. The van der Waals surface area contributed by atoms with Crippen LogP contribution in [0.4, 0.5) is 10.1 Å². The molecule has 20 heavy (non-hydrogen) atoms. The summed E-state index contributed by atoms with van der Waals surface area (Å²) >= 11 is 0. The molecular weight excluding hydrogens is 265 g/mol. The van der Waals surface area contributed by atoms with Crippen LogP contribution in [0.25, 0.3) is 0 Å². The first kappa shape index (κ1) is 13.3. The second-order valence-electron chi connectivity index (χ2n) is 3.75. The van der Waals surface area contributed by atoms with Crippen LogP contribution < -0.4 is 10.5 Å². The van der Waals surface area contributed by atoms with Crippen LogP contribution in [0, 0.1) is 17.1 Å². The molecule has 1 aromatic carbocycles.